The van der Waals surface area contributed by atoms with E-state index in [1.807, 2.05) is 0 Å². The minimum atomic E-state index is 0.625. The van der Waals surface area contributed by atoms with Gasteiger partial charge in [0.15, 0.2) is 5.82 Å². The van der Waals surface area contributed by atoms with Gasteiger partial charge in [-0.15, -0.1) is 5.10 Å². The average molecular weight is 260 g/mol. The molecule has 2 fully saturated rings. The molecule has 1 aliphatic heterocycles. The van der Waals surface area contributed by atoms with Crippen LogP contribution in [0.3, 0.4) is 0 Å². The van der Waals surface area contributed by atoms with E-state index >= 15 is 0 Å². The van der Waals surface area contributed by atoms with Crippen molar-refractivity contribution in [1.29, 1.82) is 0 Å². The van der Waals surface area contributed by atoms with E-state index in [1.165, 1.54) is 44.2 Å². The Morgan fingerprint density at radius 2 is 1.95 bits per heavy atom. The minimum Gasteiger partial charge on any atom is -0.355 e. The summed E-state index contributed by atoms with van der Waals surface area (Å²) in [5.41, 5.74) is 6.93. The van der Waals surface area contributed by atoms with Gasteiger partial charge in [0.25, 0.3) is 0 Å². The van der Waals surface area contributed by atoms with E-state index in [0.717, 1.165) is 25.5 Å². The van der Waals surface area contributed by atoms with Crippen LogP contribution in [0.25, 0.3) is 0 Å². The predicted molar refractivity (Wildman–Crippen MR) is 77.2 cm³/mol. The molecule has 104 valence electrons. The van der Waals surface area contributed by atoms with Crippen molar-refractivity contribution >= 4 is 5.82 Å². The first-order valence-electron chi connectivity index (χ1n) is 7.65. The van der Waals surface area contributed by atoms with E-state index in [0.29, 0.717) is 11.8 Å². The molecule has 0 amide bonds. The number of hydrogen-bond acceptors (Lipinski definition) is 4. The molecule has 1 aliphatic carbocycles. The van der Waals surface area contributed by atoms with E-state index in [1.54, 1.807) is 0 Å². The van der Waals surface area contributed by atoms with Gasteiger partial charge in [0.1, 0.15) is 0 Å². The van der Waals surface area contributed by atoms with Crippen LogP contribution in [0.15, 0.2) is 12.1 Å². The molecule has 1 saturated carbocycles. The Kier molecular flexibility index (Phi) is 3.97. The van der Waals surface area contributed by atoms with Gasteiger partial charge in [0.05, 0.1) is 5.69 Å². The zero-order valence-corrected chi connectivity index (χ0v) is 11.6. The third kappa shape index (κ3) is 2.89. The molecular formula is C15H24N4. The van der Waals surface area contributed by atoms with Gasteiger partial charge in [-0.05, 0) is 43.9 Å². The van der Waals surface area contributed by atoms with Crippen LogP contribution in [-0.2, 0) is 0 Å². The van der Waals surface area contributed by atoms with Crippen molar-refractivity contribution in [2.75, 3.05) is 24.5 Å². The maximum Gasteiger partial charge on any atom is 0.151 e. The van der Waals surface area contributed by atoms with Crippen molar-refractivity contribution in [3.8, 4) is 0 Å². The largest absolute Gasteiger partial charge is 0.355 e. The van der Waals surface area contributed by atoms with Gasteiger partial charge in [-0.2, -0.15) is 5.10 Å². The first kappa shape index (κ1) is 12.9. The Labute approximate surface area is 115 Å². The lowest BCUT2D eigenvalue weighted by molar-refractivity contribution is 0.434. The molecule has 3 rings (SSSR count). The average Bonchev–Trinajstić information content (AvgIpc) is 2.97. The highest BCUT2D eigenvalue weighted by Gasteiger charge is 2.23. The van der Waals surface area contributed by atoms with Crippen LogP contribution in [0.5, 0.6) is 0 Å². The maximum absolute atomic E-state index is 5.73. The lowest BCUT2D eigenvalue weighted by atomic mass is 9.87. The number of aromatic nitrogens is 2. The number of hydrogen-bond donors (Lipinski definition) is 1. The van der Waals surface area contributed by atoms with Gasteiger partial charge in [-0.3, -0.25) is 0 Å². The monoisotopic (exact) mass is 260 g/mol. The zero-order chi connectivity index (χ0) is 13.1. The van der Waals surface area contributed by atoms with Crippen LogP contribution < -0.4 is 10.6 Å². The van der Waals surface area contributed by atoms with Crippen molar-refractivity contribution in [3.05, 3.63) is 17.8 Å². The normalized spacial score (nSPS) is 24.9. The molecule has 4 heteroatoms. The van der Waals surface area contributed by atoms with E-state index in [2.05, 4.69) is 27.2 Å². The first-order valence-corrected chi connectivity index (χ1v) is 7.65. The fourth-order valence-electron chi connectivity index (χ4n) is 3.35. The number of rotatable bonds is 3. The van der Waals surface area contributed by atoms with E-state index < -0.39 is 0 Å². The SMILES string of the molecule is NCC1CCN(c2ccc(C3CCCCC3)nn2)C1. The highest BCUT2D eigenvalue weighted by molar-refractivity contribution is 5.39. The van der Waals surface area contributed by atoms with Gasteiger partial charge in [0.2, 0.25) is 0 Å². The summed E-state index contributed by atoms with van der Waals surface area (Å²) in [6.45, 7) is 2.89. The molecule has 2 heterocycles. The smallest absolute Gasteiger partial charge is 0.151 e. The standard InChI is InChI=1S/C15H24N4/c16-10-12-8-9-19(11-12)15-7-6-14(17-18-15)13-4-2-1-3-5-13/h6-7,12-13H,1-5,8-11,16H2. The topological polar surface area (TPSA) is 55.0 Å². The summed E-state index contributed by atoms with van der Waals surface area (Å²) in [6, 6.07) is 4.34. The molecule has 0 spiro atoms. The van der Waals surface area contributed by atoms with Gasteiger partial charge in [0, 0.05) is 19.0 Å². The lowest BCUT2D eigenvalue weighted by Crippen LogP contribution is -2.23. The summed E-state index contributed by atoms with van der Waals surface area (Å²) >= 11 is 0. The molecule has 4 nitrogen and oxygen atoms in total. The van der Waals surface area contributed by atoms with Crippen molar-refractivity contribution < 1.29 is 0 Å². The molecule has 1 atom stereocenters. The molecule has 0 bridgehead atoms. The Balaban J connectivity index is 1.65. The molecule has 1 unspecified atom stereocenters. The van der Waals surface area contributed by atoms with Crippen molar-refractivity contribution in [1.82, 2.24) is 10.2 Å². The lowest BCUT2D eigenvalue weighted by Gasteiger charge is -2.21. The van der Waals surface area contributed by atoms with Gasteiger partial charge in [-0.1, -0.05) is 19.3 Å². The molecule has 19 heavy (non-hydrogen) atoms. The Hall–Kier alpha value is -1.16. The Morgan fingerprint density at radius 1 is 1.11 bits per heavy atom. The number of nitrogens with two attached hydrogens (primary N) is 1. The highest BCUT2D eigenvalue weighted by atomic mass is 15.3. The van der Waals surface area contributed by atoms with Crippen LogP contribution in [0.1, 0.15) is 50.1 Å². The van der Waals surface area contributed by atoms with Crippen LogP contribution in [0.2, 0.25) is 0 Å². The molecule has 2 N–H and O–H groups in total. The first-order chi connectivity index (χ1) is 9.36. The molecule has 0 aromatic carbocycles. The summed E-state index contributed by atoms with van der Waals surface area (Å²) in [5, 5.41) is 8.91. The second-order valence-corrected chi connectivity index (χ2v) is 5.99. The van der Waals surface area contributed by atoms with Crippen molar-refractivity contribution in [2.24, 2.45) is 11.7 Å². The maximum atomic E-state index is 5.73. The second-order valence-electron chi connectivity index (χ2n) is 5.99. The van der Waals surface area contributed by atoms with Crippen molar-refractivity contribution in [3.63, 3.8) is 0 Å². The van der Waals surface area contributed by atoms with Gasteiger partial charge in [-0.25, -0.2) is 0 Å². The van der Waals surface area contributed by atoms with E-state index in [9.17, 15) is 0 Å². The molecule has 2 aliphatic rings. The summed E-state index contributed by atoms with van der Waals surface area (Å²) in [4.78, 5) is 2.31. The minimum absolute atomic E-state index is 0.625. The summed E-state index contributed by atoms with van der Waals surface area (Å²) < 4.78 is 0. The molecule has 1 aromatic rings. The number of anilines is 1. The third-order valence-electron chi connectivity index (χ3n) is 4.64. The van der Waals surface area contributed by atoms with Gasteiger partial charge < -0.3 is 10.6 Å². The fourth-order valence-corrected chi connectivity index (χ4v) is 3.35. The van der Waals surface area contributed by atoms with Crippen LogP contribution in [0.4, 0.5) is 5.82 Å². The quantitative estimate of drug-likeness (QED) is 0.906. The number of nitrogens with zero attached hydrogens (tertiary/aromatic N) is 3. The molecule has 1 aromatic heterocycles. The zero-order valence-electron chi connectivity index (χ0n) is 11.6. The van der Waals surface area contributed by atoms with Crippen LogP contribution in [0, 0.1) is 5.92 Å². The Bertz CT molecular complexity index is 397. The van der Waals surface area contributed by atoms with E-state index in [-0.39, 0.29) is 0 Å². The Morgan fingerprint density at radius 3 is 2.58 bits per heavy atom. The summed E-state index contributed by atoms with van der Waals surface area (Å²) in [6.07, 6.45) is 7.83. The predicted octanol–water partition coefficient (Wildman–Crippen LogP) is 2.31. The van der Waals surface area contributed by atoms with E-state index in [4.69, 9.17) is 5.73 Å². The summed E-state index contributed by atoms with van der Waals surface area (Å²) in [5.74, 6) is 2.29. The summed E-state index contributed by atoms with van der Waals surface area (Å²) in [7, 11) is 0. The highest BCUT2D eigenvalue weighted by Crippen LogP contribution is 2.31. The second kappa shape index (κ2) is 5.87. The third-order valence-corrected chi connectivity index (χ3v) is 4.64. The van der Waals surface area contributed by atoms with Crippen molar-refractivity contribution in [2.45, 2.75) is 44.4 Å². The fraction of sp³-hybridized carbons (Fsp3) is 0.733. The van der Waals surface area contributed by atoms with Gasteiger partial charge >= 0.3 is 0 Å². The van der Waals surface area contributed by atoms with Crippen LogP contribution >= 0.6 is 0 Å². The molecule has 0 radical (unpaired) electrons. The molecular weight excluding hydrogens is 236 g/mol. The van der Waals surface area contributed by atoms with Crippen LogP contribution in [-0.4, -0.2) is 29.8 Å². The molecule has 1 saturated heterocycles.